The molecule has 0 spiro atoms. The third-order valence-corrected chi connectivity index (χ3v) is 2.46. The number of aromatic hydroxyl groups is 1. The maximum atomic E-state index is 11.9. The van der Waals surface area contributed by atoms with Crippen LogP contribution in [0.15, 0.2) is 42.5 Å². The van der Waals surface area contributed by atoms with Crippen LogP contribution in [0.25, 0.3) is 0 Å². The predicted molar refractivity (Wildman–Crippen MR) is 71.3 cm³/mol. The number of hydrogen-bond acceptors (Lipinski definition) is 4. The summed E-state index contributed by atoms with van der Waals surface area (Å²) in [5.41, 5.74) is 12.2. The first kappa shape index (κ1) is 11.8. The predicted octanol–water partition coefficient (Wildman–Crippen LogP) is 1.81. The van der Waals surface area contributed by atoms with Gasteiger partial charge in [0.1, 0.15) is 0 Å². The first-order valence-electron chi connectivity index (χ1n) is 5.32. The molecule has 0 unspecified atom stereocenters. The fraction of sp³-hybridized carbons (Fsp3) is 0. The first-order chi connectivity index (χ1) is 8.58. The maximum Gasteiger partial charge on any atom is 0.255 e. The summed E-state index contributed by atoms with van der Waals surface area (Å²) in [5.74, 6) is -0.536. The molecular weight excluding hydrogens is 230 g/mol. The highest BCUT2D eigenvalue weighted by Gasteiger charge is 2.11. The van der Waals surface area contributed by atoms with Crippen molar-refractivity contribution in [3.8, 4) is 5.75 Å². The summed E-state index contributed by atoms with van der Waals surface area (Å²) in [6.45, 7) is 0. The molecular formula is C13H13N3O2. The molecule has 0 radical (unpaired) electrons. The second kappa shape index (κ2) is 4.67. The van der Waals surface area contributed by atoms with E-state index in [9.17, 15) is 9.90 Å². The number of para-hydroxylation sites is 1. The Kier molecular flexibility index (Phi) is 3.05. The average molecular weight is 243 g/mol. The molecule has 5 nitrogen and oxygen atoms in total. The van der Waals surface area contributed by atoms with Crippen molar-refractivity contribution in [1.82, 2.24) is 0 Å². The monoisotopic (exact) mass is 243 g/mol. The summed E-state index contributed by atoms with van der Waals surface area (Å²) in [7, 11) is 0. The Hall–Kier alpha value is -2.69. The number of nitrogens with two attached hydrogens (primary N) is 2. The van der Waals surface area contributed by atoms with Crippen LogP contribution in [0.5, 0.6) is 5.75 Å². The number of anilines is 3. The Morgan fingerprint density at radius 3 is 2.17 bits per heavy atom. The van der Waals surface area contributed by atoms with Crippen molar-refractivity contribution in [2.24, 2.45) is 0 Å². The molecule has 0 heterocycles. The molecule has 6 N–H and O–H groups in total. The standard InChI is InChI=1S/C13H13N3O2/c14-10-6-8(7-11(15)12(10)17)13(18)16-9-4-2-1-3-5-9/h1-7,17H,14-15H2,(H,16,18). The van der Waals surface area contributed by atoms with E-state index in [-0.39, 0.29) is 23.0 Å². The SMILES string of the molecule is Nc1cc(C(=O)Nc2ccccc2)cc(N)c1O. The summed E-state index contributed by atoms with van der Waals surface area (Å²) in [6.07, 6.45) is 0. The molecule has 0 atom stereocenters. The zero-order valence-corrected chi connectivity index (χ0v) is 9.55. The van der Waals surface area contributed by atoms with Crippen molar-refractivity contribution in [1.29, 1.82) is 0 Å². The topological polar surface area (TPSA) is 101 Å². The molecule has 0 aliphatic heterocycles. The molecule has 2 aromatic rings. The van der Waals surface area contributed by atoms with Gasteiger partial charge in [-0.15, -0.1) is 0 Å². The molecule has 92 valence electrons. The second-order valence-electron chi connectivity index (χ2n) is 3.82. The van der Waals surface area contributed by atoms with Gasteiger partial charge in [-0.1, -0.05) is 18.2 Å². The third kappa shape index (κ3) is 2.35. The minimum atomic E-state index is -0.334. The molecule has 2 aromatic carbocycles. The van der Waals surface area contributed by atoms with E-state index >= 15 is 0 Å². The molecule has 0 bridgehead atoms. The summed E-state index contributed by atoms with van der Waals surface area (Å²) >= 11 is 0. The van der Waals surface area contributed by atoms with Crippen molar-refractivity contribution >= 4 is 23.0 Å². The smallest absolute Gasteiger partial charge is 0.255 e. The van der Waals surface area contributed by atoms with Crippen LogP contribution in [-0.4, -0.2) is 11.0 Å². The van der Waals surface area contributed by atoms with Crippen LogP contribution in [0.1, 0.15) is 10.4 Å². The van der Waals surface area contributed by atoms with Gasteiger partial charge < -0.3 is 21.9 Å². The number of carbonyl (C=O) groups is 1. The fourth-order valence-electron chi connectivity index (χ4n) is 1.54. The number of phenols is 1. The Balaban J connectivity index is 2.25. The fourth-order valence-corrected chi connectivity index (χ4v) is 1.54. The van der Waals surface area contributed by atoms with E-state index in [1.165, 1.54) is 12.1 Å². The van der Waals surface area contributed by atoms with E-state index in [4.69, 9.17) is 11.5 Å². The minimum Gasteiger partial charge on any atom is -0.504 e. The van der Waals surface area contributed by atoms with Crippen molar-refractivity contribution in [2.75, 3.05) is 16.8 Å². The Bertz CT molecular complexity index is 559. The number of nitrogens with one attached hydrogen (secondary N) is 1. The second-order valence-corrected chi connectivity index (χ2v) is 3.82. The molecule has 0 saturated heterocycles. The zero-order chi connectivity index (χ0) is 13.1. The molecule has 18 heavy (non-hydrogen) atoms. The van der Waals surface area contributed by atoms with E-state index in [1.54, 1.807) is 12.1 Å². The van der Waals surface area contributed by atoms with Gasteiger partial charge in [0, 0.05) is 11.3 Å². The van der Waals surface area contributed by atoms with Crippen molar-refractivity contribution in [2.45, 2.75) is 0 Å². The van der Waals surface area contributed by atoms with Crippen LogP contribution in [0.3, 0.4) is 0 Å². The number of carbonyl (C=O) groups excluding carboxylic acids is 1. The van der Waals surface area contributed by atoms with E-state index < -0.39 is 0 Å². The summed E-state index contributed by atoms with van der Waals surface area (Å²) in [5, 5.41) is 12.1. The quantitative estimate of drug-likeness (QED) is 0.477. The number of nitrogen functional groups attached to an aromatic ring is 2. The lowest BCUT2D eigenvalue weighted by Gasteiger charge is -2.08. The molecule has 5 heteroatoms. The summed E-state index contributed by atoms with van der Waals surface area (Å²) in [4.78, 5) is 11.9. The highest BCUT2D eigenvalue weighted by Crippen LogP contribution is 2.29. The third-order valence-electron chi connectivity index (χ3n) is 2.46. The van der Waals surface area contributed by atoms with Gasteiger partial charge in [0.25, 0.3) is 5.91 Å². The normalized spacial score (nSPS) is 10.0. The van der Waals surface area contributed by atoms with E-state index in [2.05, 4.69) is 5.32 Å². The zero-order valence-electron chi connectivity index (χ0n) is 9.55. The molecule has 0 saturated carbocycles. The van der Waals surface area contributed by atoms with Gasteiger partial charge in [0.2, 0.25) is 0 Å². The lowest BCUT2D eigenvalue weighted by atomic mass is 10.1. The largest absolute Gasteiger partial charge is 0.504 e. The van der Waals surface area contributed by atoms with Gasteiger partial charge >= 0.3 is 0 Å². The van der Waals surface area contributed by atoms with Gasteiger partial charge in [0.15, 0.2) is 5.75 Å². The van der Waals surface area contributed by atoms with Crippen molar-refractivity contribution in [3.05, 3.63) is 48.0 Å². The van der Waals surface area contributed by atoms with Gasteiger partial charge in [0.05, 0.1) is 11.4 Å². The van der Waals surface area contributed by atoms with E-state index in [0.29, 0.717) is 11.3 Å². The molecule has 0 fully saturated rings. The lowest BCUT2D eigenvalue weighted by molar-refractivity contribution is 0.102. The van der Waals surface area contributed by atoms with Gasteiger partial charge in [-0.05, 0) is 24.3 Å². The highest BCUT2D eigenvalue weighted by atomic mass is 16.3. The molecule has 2 rings (SSSR count). The number of phenolic OH excluding ortho intramolecular Hbond substituents is 1. The van der Waals surface area contributed by atoms with Gasteiger partial charge in [-0.25, -0.2) is 0 Å². The summed E-state index contributed by atoms with van der Waals surface area (Å²) < 4.78 is 0. The van der Waals surface area contributed by atoms with Crippen LogP contribution in [0.4, 0.5) is 17.1 Å². The molecule has 0 aliphatic carbocycles. The molecule has 0 aromatic heterocycles. The van der Waals surface area contributed by atoms with E-state index in [0.717, 1.165) is 0 Å². The van der Waals surface area contributed by atoms with E-state index in [1.807, 2.05) is 18.2 Å². The number of rotatable bonds is 2. The van der Waals surface area contributed by atoms with Crippen molar-refractivity contribution < 1.29 is 9.90 Å². The van der Waals surface area contributed by atoms with Crippen LogP contribution < -0.4 is 16.8 Å². The average Bonchev–Trinajstić information content (AvgIpc) is 2.36. The van der Waals surface area contributed by atoms with Gasteiger partial charge in [-0.2, -0.15) is 0 Å². The van der Waals surface area contributed by atoms with Gasteiger partial charge in [-0.3, -0.25) is 4.79 Å². The number of amides is 1. The Morgan fingerprint density at radius 1 is 1.06 bits per heavy atom. The van der Waals surface area contributed by atoms with Crippen molar-refractivity contribution in [3.63, 3.8) is 0 Å². The highest BCUT2D eigenvalue weighted by molar-refractivity contribution is 6.05. The first-order valence-corrected chi connectivity index (χ1v) is 5.32. The summed E-state index contributed by atoms with van der Waals surface area (Å²) in [6, 6.07) is 11.8. The van der Waals surface area contributed by atoms with Crippen LogP contribution >= 0.6 is 0 Å². The number of benzene rings is 2. The van der Waals surface area contributed by atoms with Crippen LogP contribution in [0, 0.1) is 0 Å². The Labute approximate surface area is 104 Å². The number of hydrogen-bond donors (Lipinski definition) is 4. The Morgan fingerprint density at radius 2 is 1.61 bits per heavy atom. The molecule has 0 aliphatic rings. The van der Waals surface area contributed by atoms with Crippen LogP contribution in [0.2, 0.25) is 0 Å². The maximum absolute atomic E-state index is 11.9. The molecule has 1 amide bonds. The van der Waals surface area contributed by atoms with Crippen LogP contribution in [-0.2, 0) is 0 Å². The lowest BCUT2D eigenvalue weighted by Crippen LogP contribution is -2.12. The minimum absolute atomic E-state index is 0.0770.